The number of para-hydroxylation sites is 2. The number of fused-ring (bicyclic) bond motifs is 8. The van der Waals surface area contributed by atoms with E-state index < -0.39 is 32.2 Å². The van der Waals surface area contributed by atoms with Gasteiger partial charge in [-0.25, -0.2) is 0 Å². The van der Waals surface area contributed by atoms with Gasteiger partial charge in [0, 0.05) is 66.6 Å². The Kier molecular flexibility index (Phi) is 15.3. The molecule has 0 fully saturated rings. The van der Waals surface area contributed by atoms with Crippen LogP contribution in [0.4, 0.5) is 22.7 Å². The van der Waals surface area contributed by atoms with Gasteiger partial charge in [-0.15, -0.1) is 0 Å². The van der Waals surface area contributed by atoms with Crippen molar-refractivity contribution < 1.29 is 55.7 Å². The summed E-state index contributed by atoms with van der Waals surface area (Å²) in [6.45, 7) is 8.38. The molecule has 3 N–H and O–H groups in total. The maximum atomic E-state index is 14.4. The third-order valence-electron chi connectivity index (χ3n) is 13.5. The van der Waals surface area contributed by atoms with E-state index in [1.165, 1.54) is 12.0 Å². The number of carbonyl (C=O) groups excluding carboxylic acids is 2. The first-order chi connectivity index (χ1) is 34.6. The van der Waals surface area contributed by atoms with Gasteiger partial charge in [-0.2, -0.15) is 21.0 Å². The first-order valence-electron chi connectivity index (χ1n) is 24.2. The van der Waals surface area contributed by atoms with Crippen molar-refractivity contribution in [1.82, 2.24) is 4.90 Å². The third-order valence-corrected chi connectivity index (χ3v) is 14.7. The first kappa shape index (κ1) is 51.0. The molecule has 0 spiro atoms. The van der Waals surface area contributed by atoms with E-state index in [4.69, 9.17) is 45.8 Å². The van der Waals surface area contributed by atoms with Crippen LogP contribution in [0.2, 0.25) is 0 Å². The van der Waals surface area contributed by atoms with Crippen LogP contribution >= 0.6 is 12.6 Å². The van der Waals surface area contributed by atoms with Crippen LogP contribution in [0.1, 0.15) is 52.1 Å². The van der Waals surface area contributed by atoms with Crippen LogP contribution in [-0.4, -0.2) is 139 Å². The van der Waals surface area contributed by atoms with E-state index in [0.29, 0.717) is 87.5 Å². The minimum Gasteiger partial charge on any atom is -0.493 e. The van der Waals surface area contributed by atoms with Gasteiger partial charge in [0.15, 0.2) is 28.4 Å². The summed E-state index contributed by atoms with van der Waals surface area (Å²) in [6, 6.07) is 21.0. The van der Waals surface area contributed by atoms with Crippen molar-refractivity contribution in [1.29, 1.82) is 0 Å². The van der Waals surface area contributed by atoms with Gasteiger partial charge in [0.25, 0.3) is 21.9 Å². The van der Waals surface area contributed by atoms with Gasteiger partial charge >= 0.3 is 0 Å². The van der Waals surface area contributed by atoms with Gasteiger partial charge in [-0.1, -0.05) is 42.5 Å². The number of methoxy groups -OCH3 is 3. The lowest BCUT2D eigenvalue weighted by molar-refractivity contribution is 0.0211. The Morgan fingerprint density at radius 2 is 1.38 bits per heavy atom. The number of allylic oxidation sites excluding steroid dienone is 1. The zero-order valence-corrected chi connectivity index (χ0v) is 42.9. The highest BCUT2D eigenvalue weighted by Gasteiger charge is 2.47. The Bertz CT molecular complexity index is 2850. The second kappa shape index (κ2) is 21.6. The molecule has 4 atom stereocenters. The fourth-order valence-corrected chi connectivity index (χ4v) is 11.3. The van der Waals surface area contributed by atoms with Crippen LogP contribution in [0.5, 0.6) is 23.0 Å². The molecule has 4 aromatic rings. The van der Waals surface area contributed by atoms with Gasteiger partial charge in [0.05, 0.1) is 88.4 Å². The average Bonchev–Trinajstić information content (AvgIpc) is 3.86. The summed E-state index contributed by atoms with van der Waals surface area (Å²) in [5.41, 5.74) is 6.82. The van der Waals surface area contributed by atoms with Gasteiger partial charge in [0.2, 0.25) is 0 Å². The molecule has 0 saturated heterocycles. The molecule has 0 aromatic heterocycles. The zero-order valence-electron chi connectivity index (χ0n) is 41.2. The number of benzene rings is 4. The summed E-state index contributed by atoms with van der Waals surface area (Å²) in [6.07, 6.45) is 5.78. The van der Waals surface area contributed by atoms with E-state index >= 15 is 0 Å². The lowest BCUT2D eigenvalue weighted by atomic mass is 9.92. The molecule has 1 aliphatic carbocycles. The molecule has 4 heterocycles. The number of hydrogen-bond donors (Lipinski definition) is 4. The van der Waals surface area contributed by atoms with Gasteiger partial charge in [-0.05, 0) is 80.2 Å². The van der Waals surface area contributed by atoms with Crippen molar-refractivity contribution in [3.63, 3.8) is 0 Å². The Morgan fingerprint density at radius 3 is 2.06 bits per heavy atom. The Morgan fingerprint density at radius 1 is 0.764 bits per heavy atom. The van der Waals surface area contributed by atoms with Crippen molar-refractivity contribution >= 4 is 57.3 Å². The van der Waals surface area contributed by atoms with E-state index in [1.54, 1.807) is 44.6 Å². The van der Waals surface area contributed by atoms with Gasteiger partial charge < -0.3 is 58.5 Å². The number of amides is 2. The summed E-state index contributed by atoms with van der Waals surface area (Å²) in [5.74, 6) is 0.674. The Hall–Kier alpha value is -5.96. The lowest BCUT2D eigenvalue weighted by Crippen LogP contribution is -2.49. The fourth-order valence-electron chi connectivity index (χ4n) is 10.2. The average molecular weight is 1030 g/mol. The smallest absolute Gasteiger partial charge is 0.288 e. The molecular weight excluding hydrogens is 963 g/mol. The van der Waals surface area contributed by atoms with Crippen LogP contribution in [0.15, 0.2) is 96.2 Å². The summed E-state index contributed by atoms with van der Waals surface area (Å²) in [7, 11) is -0.0403. The molecule has 4 unspecified atom stereocenters. The number of nitrogens with zero attached hydrogens (tertiary/aromatic N) is 3. The summed E-state index contributed by atoms with van der Waals surface area (Å²) < 4.78 is 77.8. The molecule has 19 heteroatoms. The van der Waals surface area contributed by atoms with E-state index in [1.807, 2.05) is 41.3 Å². The van der Waals surface area contributed by atoms with Crippen LogP contribution in [0, 0.1) is 5.92 Å². The van der Waals surface area contributed by atoms with E-state index in [9.17, 15) is 22.6 Å². The molecule has 4 aromatic carbocycles. The topological polar surface area (TPSA) is 187 Å². The molecule has 0 bridgehead atoms. The standard InChI is InChI=1S/C53H63N5O12S2/c1-53(2,71)32-56(14-15-67-18-19-68-17-16-64-3)37-21-33(30-69-48-27-41-39(25-46(48)65-4)51(59)57-38(29-54-41)23-35-10-6-8-12-43(35)57)20-34(22-37)31-70-49-28-42-40(26-47(49)66-5)52(60)58-44-13-9-7-11-36(44)24-45(58)50(55-42)72(61,62)63/h6-13,21-22,25-28,34,38,45,50,54-55,71H,14-20,23-24,29-32H2,1-5H3,(H,61,62,63). The predicted octanol–water partition coefficient (Wildman–Crippen LogP) is 6.89. The zero-order chi connectivity index (χ0) is 50.7. The third kappa shape index (κ3) is 11.0. The minimum atomic E-state index is -4.71. The molecule has 17 nitrogen and oxygen atoms in total. The highest BCUT2D eigenvalue weighted by atomic mass is 32.2. The second-order valence-corrected chi connectivity index (χ2v) is 22.0. The molecule has 9 rings (SSSR count). The molecule has 0 radical (unpaired) electrons. The van der Waals surface area contributed by atoms with Gasteiger partial charge in [-0.3, -0.25) is 14.1 Å². The Balaban J connectivity index is 0.982. The van der Waals surface area contributed by atoms with Crippen molar-refractivity contribution in [2.75, 3.05) is 108 Å². The van der Waals surface area contributed by atoms with E-state index in [-0.39, 0.29) is 60.3 Å². The molecule has 2 amide bonds. The number of hydrogen-bond acceptors (Lipinski definition) is 15. The van der Waals surface area contributed by atoms with Crippen molar-refractivity contribution in [2.24, 2.45) is 5.92 Å². The number of rotatable bonds is 21. The molecular formula is C53H63N5O12S2. The molecule has 4 aliphatic heterocycles. The van der Waals surface area contributed by atoms with Gasteiger partial charge in [0.1, 0.15) is 6.61 Å². The summed E-state index contributed by atoms with van der Waals surface area (Å²) in [5, 5.41) is 4.99. The van der Waals surface area contributed by atoms with Crippen LogP contribution < -0.4 is 39.4 Å². The molecule has 5 aliphatic rings. The van der Waals surface area contributed by atoms with Crippen LogP contribution in [0.25, 0.3) is 0 Å². The highest BCUT2D eigenvalue weighted by Crippen LogP contribution is 2.44. The SMILES string of the molecule is COCCOCCOCCN(CC(C)(C)S)C1=CC(COc2cc3c(cc2OC)C(=O)N2c4ccccc4CC2C(S(=O)(=O)O)N3)CC(COc2cc3c(cc2OC)C(=O)N2c4ccccc4CC2CN3)=C1. The van der Waals surface area contributed by atoms with Crippen LogP contribution in [-0.2, 0) is 37.2 Å². The maximum Gasteiger partial charge on any atom is 0.288 e. The maximum absolute atomic E-state index is 14.4. The molecule has 0 saturated carbocycles. The predicted molar refractivity (Wildman–Crippen MR) is 278 cm³/mol. The minimum absolute atomic E-state index is 0.0341. The number of nitrogens with one attached hydrogen (secondary N) is 2. The Labute approximate surface area is 426 Å². The normalized spacial score (nSPS) is 20.0. The quantitative estimate of drug-likeness (QED) is 0.0384. The fraction of sp³-hybridized carbons (Fsp3) is 0.434. The molecule has 72 heavy (non-hydrogen) atoms. The lowest BCUT2D eigenvalue weighted by Gasteiger charge is -2.35. The van der Waals surface area contributed by atoms with Crippen molar-refractivity contribution in [2.45, 2.75) is 55.3 Å². The molecule has 384 valence electrons. The number of ether oxygens (including phenoxy) is 7. The van der Waals surface area contributed by atoms with E-state index in [2.05, 4.69) is 47.6 Å². The first-order valence-corrected chi connectivity index (χ1v) is 26.1. The van der Waals surface area contributed by atoms with Crippen molar-refractivity contribution in [3.05, 3.63) is 118 Å². The summed E-state index contributed by atoms with van der Waals surface area (Å²) in [4.78, 5) is 34.1. The van der Waals surface area contributed by atoms with Crippen LogP contribution in [0.3, 0.4) is 0 Å². The second-order valence-electron chi connectivity index (χ2n) is 19.2. The number of anilines is 4. The largest absolute Gasteiger partial charge is 0.493 e. The summed E-state index contributed by atoms with van der Waals surface area (Å²) >= 11 is 4.93. The van der Waals surface area contributed by atoms with Crippen molar-refractivity contribution in [3.8, 4) is 23.0 Å². The number of carbonyl (C=O) groups is 2. The number of thiol groups is 1. The van der Waals surface area contributed by atoms with E-state index in [0.717, 1.165) is 34.5 Å². The monoisotopic (exact) mass is 1030 g/mol. The highest BCUT2D eigenvalue weighted by molar-refractivity contribution is 7.86.